The predicted octanol–water partition coefficient (Wildman–Crippen LogP) is 2.27. The highest BCUT2D eigenvalue weighted by Crippen LogP contribution is 2.10. The van der Waals surface area contributed by atoms with E-state index in [-0.39, 0.29) is 13.2 Å². The van der Waals surface area contributed by atoms with Crippen molar-refractivity contribution in [1.82, 2.24) is 0 Å². The zero-order valence-electron chi connectivity index (χ0n) is 15.1. The van der Waals surface area contributed by atoms with Gasteiger partial charge in [-0.25, -0.2) is 9.59 Å². The van der Waals surface area contributed by atoms with Crippen LogP contribution in [0, 0.1) is 0 Å². The lowest BCUT2D eigenvalue weighted by Crippen LogP contribution is -2.16. The first-order valence-electron chi connectivity index (χ1n) is 8.87. The Morgan fingerprint density at radius 1 is 0.741 bits per heavy atom. The van der Waals surface area contributed by atoms with E-state index in [1.54, 1.807) is 0 Å². The van der Waals surface area contributed by atoms with Crippen LogP contribution >= 0.6 is 23.5 Å². The predicted molar refractivity (Wildman–Crippen MR) is 99.0 cm³/mol. The molecular formula is C16H26O9S2. The molecule has 0 saturated carbocycles. The molecule has 2 unspecified atom stereocenters. The second-order valence-electron chi connectivity index (χ2n) is 5.50. The summed E-state index contributed by atoms with van der Waals surface area (Å²) in [6, 6.07) is 0. The maximum Gasteiger partial charge on any atom is 0.510 e. The standard InChI is InChI=1S/C16H26O9S2/c17-15-22-11-13(24-15)20-3-1-7-26-9-5-19-6-10-27-8-2-4-21-14-12-23-16(18)25-14/h13-14H,1-12H2. The Balaban J connectivity index is 1.22. The summed E-state index contributed by atoms with van der Waals surface area (Å²) in [7, 11) is 0. The smallest absolute Gasteiger partial charge is 0.428 e. The molecule has 9 nitrogen and oxygen atoms in total. The van der Waals surface area contributed by atoms with Crippen LogP contribution < -0.4 is 0 Å². The summed E-state index contributed by atoms with van der Waals surface area (Å²) < 4.78 is 35.1. The van der Waals surface area contributed by atoms with Crippen molar-refractivity contribution in [3.05, 3.63) is 0 Å². The van der Waals surface area contributed by atoms with Gasteiger partial charge in [0.25, 0.3) is 0 Å². The van der Waals surface area contributed by atoms with Crippen molar-refractivity contribution in [2.24, 2.45) is 0 Å². The normalized spacial score (nSPS) is 21.6. The summed E-state index contributed by atoms with van der Waals surface area (Å²) in [6.45, 7) is 2.91. The maximum atomic E-state index is 10.7. The maximum absolute atomic E-state index is 10.7. The van der Waals surface area contributed by atoms with E-state index in [1.165, 1.54) is 0 Å². The second kappa shape index (κ2) is 14.2. The first-order chi connectivity index (χ1) is 13.2. The van der Waals surface area contributed by atoms with Crippen molar-refractivity contribution in [3.8, 4) is 0 Å². The number of hydrogen-bond donors (Lipinski definition) is 0. The summed E-state index contributed by atoms with van der Waals surface area (Å²) >= 11 is 3.62. The Labute approximate surface area is 167 Å². The first kappa shape index (κ1) is 22.4. The third kappa shape index (κ3) is 10.9. The van der Waals surface area contributed by atoms with Crippen molar-refractivity contribution in [2.75, 3.05) is 62.7 Å². The quantitative estimate of drug-likeness (QED) is 0.268. The number of carbonyl (C=O) groups is 2. The number of carbonyl (C=O) groups excluding carboxylic acids is 2. The van der Waals surface area contributed by atoms with E-state index in [4.69, 9.17) is 23.7 Å². The second-order valence-corrected chi connectivity index (χ2v) is 7.95. The van der Waals surface area contributed by atoms with Gasteiger partial charge >= 0.3 is 12.3 Å². The van der Waals surface area contributed by atoms with E-state index in [0.717, 1.165) is 49.1 Å². The Morgan fingerprint density at radius 3 is 1.63 bits per heavy atom. The molecule has 0 bridgehead atoms. The number of ether oxygens (including phenoxy) is 7. The molecule has 0 N–H and O–H groups in total. The molecule has 2 saturated heterocycles. The minimum atomic E-state index is -0.663. The van der Waals surface area contributed by atoms with Gasteiger partial charge in [-0.2, -0.15) is 23.5 Å². The van der Waals surface area contributed by atoms with Crippen LogP contribution in [0.1, 0.15) is 12.8 Å². The molecule has 0 radical (unpaired) electrons. The molecule has 0 aliphatic carbocycles. The summed E-state index contributed by atoms with van der Waals surface area (Å²) in [5.41, 5.74) is 0. The fourth-order valence-electron chi connectivity index (χ4n) is 2.08. The molecule has 0 amide bonds. The molecule has 0 aromatic rings. The van der Waals surface area contributed by atoms with Crippen LogP contribution in [0.5, 0.6) is 0 Å². The van der Waals surface area contributed by atoms with Gasteiger partial charge in [0.15, 0.2) is 13.2 Å². The third-order valence-corrected chi connectivity index (χ3v) is 5.41. The van der Waals surface area contributed by atoms with Gasteiger partial charge in [-0.3, -0.25) is 0 Å². The molecule has 0 aromatic carbocycles. The number of cyclic esters (lactones) is 4. The zero-order valence-corrected chi connectivity index (χ0v) is 16.8. The molecule has 2 heterocycles. The SMILES string of the molecule is O=C1OCC(OCCCSCCOCCSCCCOC2COC(=O)O2)O1. The summed E-state index contributed by atoms with van der Waals surface area (Å²) in [6.07, 6.45) is -0.645. The molecule has 2 aliphatic heterocycles. The minimum absolute atomic E-state index is 0.176. The molecule has 2 fully saturated rings. The summed E-state index contributed by atoms with van der Waals surface area (Å²) in [4.78, 5) is 21.4. The van der Waals surface area contributed by atoms with Gasteiger partial charge in [-0.1, -0.05) is 0 Å². The lowest BCUT2D eigenvalue weighted by atomic mass is 10.5. The van der Waals surface area contributed by atoms with Crippen LogP contribution in [0.15, 0.2) is 0 Å². The van der Waals surface area contributed by atoms with Gasteiger partial charge in [0.2, 0.25) is 12.6 Å². The number of hydrogen-bond acceptors (Lipinski definition) is 11. The van der Waals surface area contributed by atoms with Crippen LogP contribution in [0.3, 0.4) is 0 Å². The molecular weight excluding hydrogens is 400 g/mol. The van der Waals surface area contributed by atoms with Gasteiger partial charge in [-0.15, -0.1) is 0 Å². The molecule has 2 atom stereocenters. The minimum Gasteiger partial charge on any atom is -0.428 e. The van der Waals surface area contributed by atoms with Crippen molar-refractivity contribution >= 4 is 35.8 Å². The van der Waals surface area contributed by atoms with Crippen LogP contribution in [0.25, 0.3) is 0 Å². The van der Waals surface area contributed by atoms with E-state index < -0.39 is 24.9 Å². The van der Waals surface area contributed by atoms with E-state index in [0.29, 0.717) is 13.2 Å². The van der Waals surface area contributed by atoms with E-state index in [9.17, 15) is 9.59 Å². The van der Waals surface area contributed by atoms with Crippen LogP contribution in [-0.2, 0) is 33.2 Å². The van der Waals surface area contributed by atoms with Gasteiger partial charge in [0.05, 0.1) is 26.4 Å². The van der Waals surface area contributed by atoms with Gasteiger partial charge in [0.1, 0.15) is 0 Å². The van der Waals surface area contributed by atoms with Crippen molar-refractivity contribution < 1.29 is 42.7 Å². The summed E-state index contributed by atoms with van der Waals surface area (Å²) in [5.74, 6) is 3.84. The number of thioether (sulfide) groups is 2. The fraction of sp³-hybridized carbons (Fsp3) is 0.875. The van der Waals surface area contributed by atoms with Crippen LogP contribution in [-0.4, -0.2) is 87.5 Å². The largest absolute Gasteiger partial charge is 0.510 e. The Morgan fingerprint density at radius 2 is 1.22 bits per heavy atom. The van der Waals surface area contributed by atoms with E-state index in [1.807, 2.05) is 23.5 Å². The first-order valence-corrected chi connectivity index (χ1v) is 11.2. The monoisotopic (exact) mass is 426 g/mol. The van der Waals surface area contributed by atoms with Crippen molar-refractivity contribution in [3.63, 3.8) is 0 Å². The molecule has 2 rings (SSSR count). The third-order valence-electron chi connectivity index (χ3n) is 3.35. The van der Waals surface area contributed by atoms with Crippen molar-refractivity contribution in [1.29, 1.82) is 0 Å². The highest BCUT2D eigenvalue weighted by Gasteiger charge is 2.25. The van der Waals surface area contributed by atoms with E-state index >= 15 is 0 Å². The number of rotatable bonds is 16. The fourth-order valence-corrected chi connectivity index (χ4v) is 3.60. The molecule has 27 heavy (non-hydrogen) atoms. The Kier molecular flexibility index (Phi) is 11.8. The highest BCUT2D eigenvalue weighted by molar-refractivity contribution is 7.99. The average molecular weight is 427 g/mol. The van der Waals surface area contributed by atoms with Gasteiger partial charge in [0, 0.05) is 11.5 Å². The molecule has 11 heteroatoms. The van der Waals surface area contributed by atoms with Gasteiger partial charge in [-0.05, 0) is 24.3 Å². The summed E-state index contributed by atoms with van der Waals surface area (Å²) in [5, 5.41) is 0. The Hall–Kier alpha value is -0.880. The van der Waals surface area contributed by atoms with Gasteiger partial charge < -0.3 is 33.2 Å². The zero-order chi connectivity index (χ0) is 19.2. The topological polar surface area (TPSA) is 98.8 Å². The van der Waals surface area contributed by atoms with Crippen LogP contribution in [0.4, 0.5) is 9.59 Å². The lowest BCUT2D eigenvalue weighted by Gasteiger charge is -2.08. The van der Waals surface area contributed by atoms with Crippen LogP contribution in [0.2, 0.25) is 0 Å². The Bertz CT molecular complexity index is 400. The molecule has 0 aromatic heterocycles. The molecule has 2 aliphatic rings. The highest BCUT2D eigenvalue weighted by atomic mass is 32.2. The van der Waals surface area contributed by atoms with E-state index in [2.05, 4.69) is 9.47 Å². The lowest BCUT2D eigenvalue weighted by molar-refractivity contribution is -0.0769. The average Bonchev–Trinajstić information content (AvgIpc) is 3.26. The molecule has 156 valence electrons. The molecule has 0 spiro atoms. The van der Waals surface area contributed by atoms with Crippen molar-refractivity contribution in [2.45, 2.75) is 25.4 Å².